The summed E-state index contributed by atoms with van der Waals surface area (Å²) in [6, 6.07) is 0.677. The van der Waals surface area contributed by atoms with Crippen LogP contribution < -0.4 is 5.32 Å². The summed E-state index contributed by atoms with van der Waals surface area (Å²) in [5.74, 6) is 0. The van der Waals surface area contributed by atoms with E-state index in [4.69, 9.17) is 4.74 Å². The Bertz CT molecular complexity index is 229. The molecule has 0 bridgehead atoms. The highest BCUT2D eigenvalue weighted by Crippen LogP contribution is 2.19. The van der Waals surface area contributed by atoms with Crippen LogP contribution in [0.2, 0.25) is 0 Å². The van der Waals surface area contributed by atoms with Crippen LogP contribution in [0, 0.1) is 0 Å². The summed E-state index contributed by atoms with van der Waals surface area (Å²) in [7, 11) is 0. The quantitative estimate of drug-likeness (QED) is 0.706. The van der Waals surface area contributed by atoms with Crippen LogP contribution in [0.25, 0.3) is 0 Å². The zero-order chi connectivity index (χ0) is 11.6. The number of hydrogen-bond acceptors (Lipinski definition) is 4. The van der Waals surface area contributed by atoms with Crippen molar-refractivity contribution in [3.63, 3.8) is 0 Å². The maximum atomic E-state index is 9.90. The van der Waals surface area contributed by atoms with Gasteiger partial charge in [0.25, 0.3) is 0 Å². The van der Waals surface area contributed by atoms with Gasteiger partial charge in [-0.3, -0.25) is 4.90 Å². The first-order chi connectivity index (χ1) is 7.55. The summed E-state index contributed by atoms with van der Waals surface area (Å²) in [4.78, 5) is 2.29. The number of aliphatic hydroxyl groups is 1. The third-order valence-corrected chi connectivity index (χ3v) is 3.19. The van der Waals surface area contributed by atoms with Gasteiger partial charge < -0.3 is 15.2 Å². The lowest BCUT2D eigenvalue weighted by Crippen LogP contribution is -2.51. The smallest absolute Gasteiger partial charge is 0.0791 e. The minimum Gasteiger partial charge on any atom is -0.390 e. The van der Waals surface area contributed by atoms with Crippen molar-refractivity contribution < 1.29 is 9.84 Å². The summed E-state index contributed by atoms with van der Waals surface area (Å²) in [6.45, 7) is 8.31. The molecule has 2 fully saturated rings. The number of hydrogen-bond donors (Lipinski definition) is 2. The Balaban J connectivity index is 1.66. The molecule has 1 saturated carbocycles. The molecule has 4 heteroatoms. The van der Waals surface area contributed by atoms with Gasteiger partial charge in [-0.05, 0) is 26.7 Å². The average Bonchev–Trinajstić information content (AvgIpc) is 2.96. The molecule has 0 amide bonds. The van der Waals surface area contributed by atoms with Gasteiger partial charge >= 0.3 is 0 Å². The first-order valence-corrected chi connectivity index (χ1v) is 6.33. The SMILES string of the molecule is CC1(C)CN(CC(O)CNC2CC2)CCO1. The lowest BCUT2D eigenvalue weighted by molar-refractivity contribution is -0.0928. The number of β-amino-alcohol motifs (C(OH)–C–C–N with tert-alkyl or cyclic N) is 1. The highest BCUT2D eigenvalue weighted by Gasteiger charge is 2.28. The van der Waals surface area contributed by atoms with Crippen LogP contribution in [0.1, 0.15) is 26.7 Å². The molecular formula is C12H24N2O2. The van der Waals surface area contributed by atoms with Gasteiger partial charge in [-0.25, -0.2) is 0 Å². The summed E-state index contributed by atoms with van der Waals surface area (Å²) < 4.78 is 5.65. The van der Waals surface area contributed by atoms with Crippen molar-refractivity contribution in [2.75, 3.05) is 32.8 Å². The minimum atomic E-state index is -0.255. The lowest BCUT2D eigenvalue weighted by Gasteiger charge is -2.38. The molecule has 2 aliphatic rings. The first-order valence-electron chi connectivity index (χ1n) is 6.33. The maximum absolute atomic E-state index is 9.90. The van der Waals surface area contributed by atoms with Crippen molar-refractivity contribution in [3.05, 3.63) is 0 Å². The summed E-state index contributed by atoms with van der Waals surface area (Å²) in [6.07, 6.45) is 2.30. The molecule has 2 rings (SSSR count). The van der Waals surface area contributed by atoms with Gasteiger partial charge in [0.2, 0.25) is 0 Å². The topological polar surface area (TPSA) is 44.7 Å². The van der Waals surface area contributed by atoms with E-state index >= 15 is 0 Å². The molecule has 2 N–H and O–H groups in total. The fraction of sp³-hybridized carbons (Fsp3) is 1.00. The number of ether oxygens (including phenoxy) is 1. The zero-order valence-electron chi connectivity index (χ0n) is 10.4. The molecule has 0 aromatic rings. The predicted octanol–water partition coefficient (Wildman–Crippen LogP) is 0.210. The predicted molar refractivity (Wildman–Crippen MR) is 63.5 cm³/mol. The van der Waals surface area contributed by atoms with Crippen LogP contribution in [0.3, 0.4) is 0 Å². The number of nitrogens with zero attached hydrogens (tertiary/aromatic N) is 1. The van der Waals surface area contributed by atoms with Crippen LogP contribution >= 0.6 is 0 Å². The van der Waals surface area contributed by atoms with E-state index in [1.54, 1.807) is 0 Å². The fourth-order valence-corrected chi connectivity index (χ4v) is 2.22. The Kier molecular flexibility index (Phi) is 3.85. The summed E-state index contributed by atoms with van der Waals surface area (Å²) in [5, 5.41) is 13.3. The maximum Gasteiger partial charge on any atom is 0.0791 e. The van der Waals surface area contributed by atoms with Crippen LogP contribution in [0.5, 0.6) is 0 Å². The van der Waals surface area contributed by atoms with Crippen LogP contribution in [0.15, 0.2) is 0 Å². The number of aliphatic hydroxyl groups excluding tert-OH is 1. The number of morpholine rings is 1. The number of nitrogens with one attached hydrogen (secondary N) is 1. The van der Waals surface area contributed by atoms with E-state index in [0.29, 0.717) is 6.04 Å². The Morgan fingerprint density at radius 1 is 1.50 bits per heavy atom. The molecule has 94 valence electrons. The van der Waals surface area contributed by atoms with E-state index in [1.807, 2.05) is 0 Å². The van der Waals surface area contributed by atoms with Gasteiger partial charge in [0.05, 0.1) is 18.3 Å². The molecule has 0 aromatic heterocycles. The molecule has 0 spiro atoms. The van der Waals surface area contributed by atoms with E-state index in [-0.39, 0.29) is 11.7 Å². The van der Waals surface area contributed by atoms with Gasteiger partial charge in [-0.15, -0.1) is 0 Å². The van der Waals surface area contributed by atoms with Crippen molar-refractivity contribution in [1.82, 2.24) is 10.2 Å². The molecule has 16 heavy (non-hydrogen) atoms. The third-order valence-electron chi connectivity index (χ3n) is 3.19. The summed E-state index contributed by atoms with van der Waals surface area (Å²) >= 11 is 0. The van der Waals surface area contributed by atoms with Crippen molar-refractivity contribution in [2.45, 2.75) is 44.4 Å². The van der Waals surface area contributed by atoms with Gasteiger partial charge in [0, 0.05) is 32.2 Å². The van der Waals surface area contributed by atoms with E-state index in [2.05, 4.69) is 24.1 Å². The molecule has 1 aliphatic heterocycles. The first kappa shape index (κ1) is 12.3. The normalized spacial score (nSPS) is 27.9. The molecule has 0 radical (unpaired) electrons. The van der Waals surface area contributed by atoms with Gasteiger partial charge in [0.1, 0.15) is 0 Å². The molecule has 4 nitrogen and oxygen atoms in total. The van der Waals surface area contributed by atoms with Gasteiger partial charge in [0.15, 0.2) is 0 Å². The van der Waals surface area contributed by atoms with E-state index < -0.39 is 0 Å². The molecule has 1 atom stereocenters. The second kappa shape index (κ2) is 5.00. The highest BCUT2D eigenvalue weighted by molar-refractivity contribution is 4.84. The largest absolute Gasteiger partial charge is 0.390 e. The van der Waals surface area contributed by atoms with E-state index in [0.717, 1.165) is 32.8 Å². The molecular weight excluding hydrogens is 204 g/mol. The van der Waals surface area contributed by atoms with E-state index in [9.17, 15) is 5.11 Å². The highest BCUT2D eigenvalue weighted by atomic mass is 16.5. The van der Waals surface area contributed by atoms with Crippen molar-refractivity contribution in [2.24, 2.45) is 0 Å². The van der Waals surface area contributed by atoms with Crippen LogP contribution in [-0.4, -0.2) is 60.5 Å². The Labute approximate surface area is 98.0 Å². The van der Waals surface area contributed by atoms with Crippen molar-refractivity contribution in [3.8, 4) is 0 Å². The molecule has 1 unspecified atom stereocenters. The fourth-order valence-electron chi connectivity index (χ4n) is 2.22. The Morgan fingerprint density at radius 2 is 2.25 bits per heavy atom. The Hall–Kier alpha value is -0.160. The van der Waals surface area contributed by atoms with E-state index in [1.165, 1.54) is 12.8 Å². The third kappa shape index (κ3) is 4.01. The monoisotopic (exact) mass is 228 g/mol. The van der Waals surface area contributed by atoms with Crippen molar-refractivity contribution >= 4 is 0 Å². The molecule has 1 heterocycles. The minimum absolute atomic E-state index is 0.0676. The second-order valence-corrected chi connectivity index (χ2v) is 5.68. The average molecular weight is 228 g/mol. The van der Waals surface area contributed by atoms with Crippen molar-refractivity contribution in [1.29, 1.82) is 0 Å². The van der Waals surface area contributed by atoms with Crippen LogP contribution in [0.4, 0.5) is 0 Å². The molecule has 1 saturated heterocycles. The zero-order valence-corrected chi connectivity index (χ0v) is 10.4. The molecule has 1 aliphatic carbocycles. The lowest BCUT2D eigenvalue weighted by atomic mass is 10.1. The standard InChI is InChI=1S/C12H24N2O2/c1-12(2)9-14(5-6-16-12)8-11(15)7-13-10-3-4-10/h10-11,13,15H,3-9H2,1-2H3. The Morgan fingerprint density at radius 3 is 2.88 bits per heavy atom. The second-order valence-electron chi connectivity index (χ2n) is 5.68. The molecule has 0 aromatic carbocycles. The number of rotatable bonds is 5. The van der Waals surface area contributed by atoms with Crippen LogP contribution in [-0.2, 0) is 4.74 Å². The van der Waals surface area contributed by atoms with Gasteiger partial charge in [-0.1, -0.05) is 0 Å². The summed E-state index contributed by atoms with van der Waals surface area (Å²) in [5.41, 5.74) is -0.0676. The van der Waals surface area contributed by atoms with Gasteiger partial charge in [-0.2, -0.15) is 0 Å².